The van der Waals surface area contributed by atoms with Crippen LogP contribution in [0.4, 0.5) is 0 Å². The minimum Gasteiger partial charge on any atom is -0.352 e. The lowest BCUT2D eigenvalue weighted by Gasteiger charge is -2.10. The van der Waals surface area contributed by atoms with Crippen LogP contribution in [0, 0.1) is 0 Å². The number of rotatable bonds is 4. The molecule has 2 aromatic rings. The van der Waals surface area contributed by atoms with E-state index in [9.17, 15) is 18.0 Å². The average Bonchev–Trinajstić information content (AvgIpc) is 2.84. The quantitative estimate of drug-likeness (QED) is 0.605. The minimum atomic E-state index is -3.02. The number of thioether (sulfide) groups is 1. The molecule has 0 aliphatic carbocycles. The van der Waals surface area contributed by atoms with E-state index < -0.39 is 9.84 Å². The van der Waals surface area contributed by atoms with Crippen molar-refractivity contribution in [2.75, 3.05) is 17.3 Å². The molecule has 1 aliphatic heterocycles. The highest BCUT2D eigenvalue weighted by Crippen LogP contribution is 2.15. The molecule has 3 rings (SSSR count). The molecule has 1 aromatic carbocycles. The van der Waals surface area contributed by atoms with Gasteiger partial charge in [-0.1, -0.05) is 23.9 Å². The molecule has 9 heteroatoms. The standard InChI is InChI=1S/C14H15N3O4S2/c18-12(15-9-5-6-23(20,21)8-9)7-22-14-16-11-4-2-1-3-10(11)13(19)17-14/h1-4,9H,5-8H2,(H,15,18)(H,16,17,19)/t9-/m1/s1. The fraction of sp³-hybridized carbons (Fsp3) is 0.357. The summed E-state index contributed by atoms with van der Waals surface area (Å²) in [5.41, 5.74) is 0.321. The number of fused-ring (bicyclic) bond motifs is 1. The number of carbonyl (C=O) groups excluding carboxylic acids is 1. The highest BCUT2D eigenvalue weighted by Gasteiger charge is 2.28. The summed E-state index contributed by atoms with van der Waals surface area (Å²) >= 11 is 1.11. The fourth-order valence-electron chi connectivity index (χ4n) is 2.45. The second-order valence-corrected chi connectivity index (χ2v) is 8.54. The van der Waals surface area contributed by atoms with Crippen LogP contribution < -0.4 is 10.9 Å². The van der Waals surface area contributed by atoms with E-state index in [0.717, 1.165) is 11.8 Å². The van der Waals surface area contributed by atoms with Crippen LogP contribution in [-0.4, -0.2) is 47.6 Å². The number of amides is 1. The Morgan fingerprint density at radius 1 is 1.39 bits per heavy atom. The van der Waals surface area contributed by atoms with E-state index in [-0.39, 0.29) is 34.8 Å². The predicted octanol–water partition coefficient (Wildman–Crippen LogP) is 0.319. The topological polar surface area (TPSA) is 109 Å². The smallest absolute Gasteiger partial charge is 0.259 e. The lowest BCUT2D eigenvalue weighted by molar-refractivity contribution is -0.119. The second kappa shape index (κ2) is 6.32. The highest BCUT2D eigenvalue weighted by molar-refractivity contribution is 7.99. The van der Waals surface area contributed by atoms with Gasteiger partial charge in [-0.2, -0.15) is 0 Å². The Morgan fingerprint density at radius 2 is 2.17 bits per heavy atom. The number of benzene rings is 1. The molecule has 1 saturated heterocycles. The molecule has 122 valence electrons. The number of hydrogen-bond acceptors (Lipinski definition) is 6. The number of hydrogen-bond donors (Lipinski definition) is 2. The molecule has 1 amide bonds. The maximum Gasteiger partial charge on any atom is 0.259 e. The third kappa shape index (κ3) is 3.91. The van der Waals surface area contributed by atoms with Gasteiger partial charge in [-0.3, -0.25) is 9.59 Å². The molecule has 1 aromatic heterocycles. The van der Waals surface area contributed by atoms with E-state index in [0.29, 0.717) is 22.5 Å². The molecule has 0 radical (unpaired) electrons. The van der Waals surface area contributed by atoms with Crippen molar-refractivity contribution in [3.63, 3.8) is 0 Å². The van der Waals surface area contributed by atoms with E-state index in [1.807, 2.05) is 0 Å². The van der Waals surface area contributed by atoms with E-state index >= 15 is 0 Å². The zero-order valence-corrected chi connectivity index (χ0v) is 13.7. The van der Waals surface area contributed by atoms with Gasteiger partial charge in [0.05, 0.1) is 28.2 Å². The number of nitrogens with zero attached hydrogens (tertiary/aromatic N) is 1. The van der Waals surface area contributed by atoms with Crippen LogP contribution in [0.25, 0.3) is 10.9 Å². The van der Waals surface area contributed by atoms with Crippen molar-refractivity contribution in [1.82, 2.24) is 15.3 Å². The van der Waals surface area contributed by atoms with Crippen LogP contribution in [0.3, 0.4) is 0 Å². The highest BCUT2D eigenvalue weighted by atomic mass is 32.2. The van der Waals surface area contributed by atoms with Crippen LogP contribution in [0.1, 0.15) is 6.42 Å². The van der Waals surface area contributed by atoms with Crippen LogP contribution >= 0.6 is 11.8 Å². The first-order chi connectivity index (χ1) is 10.9. The van der Waals surface area contributed by atoms with Crippen molar-refractivity contribution >= 4 is 38.4 Å². The normalized spacial score (nSPS) is 19.7. The van der Waals surface area contributed by atoms with E-state index in [2.05, 4.69) is 15.3 Å². The lowest BCUT2D eigenvalue weighted by atomic mass is 10.2. The first kappa shape index (κ1) is 16.0. The van der Waals surface area contributed by atoms with Gasteiger partial charge in [0.1, 0.15) is 0 Å². The van der Waals surface area contributed by atoms with Gasteiger partial charge in [0.25, 0.3) is 5.56 Å². The number of nitrogens with one attached hydrogen (secondary N) is 2. The lowest BCUT2D eigenvalue weighted by Crippen LogP contribution is -2.36. The zero-order valence-electron chi connectivity index (χ0n) is 12.1. The van der Waals surface area contributed by atoms with Gasteiger partial charge in [0, 0.05) is 6.04 Å². The molecular formula is C14H15N3O4S2. The summed E-state index contributed by atoms with van der Waals surface area (Å²) in [5, 5.41) is 3.56. The molecular weight excluding hydrogens is 338 g/mol. The van der Waals surface area contributed by atoms with Gasteiger partial charge in [-0.25, -0.2) is 13.4 Å². The Balaban J connectivity index is 1.62. The van der Waals surface area contributed by atoms with Gasteiger partial charge in [-0.15, -0.1) is 0 Å². The van der Waals surface area contributed by atoms with Crippen molar-refractivity contribution in [2.24, 2.45) is 0 Å². The number of H-pyrrole nitrogens is 1. The van der Waals surface area contributed by atoms with Gasteiger partial charge < -0.3 is 10.3 Å². The molecule has 23 heavy (non-hydrogen) atoms. The Morgan fingerprint density at radius 3 is 2.91 bits per heavy atom. The van der Waals surface area contributed by atoms with Crippen LogP contribution in [0.5, 0.6) is 0 Å². The van der Waals surface area contributed by atoms with Gasteiger partial charge in [-0.05, 0) is 18.6 Å². The molecule has 2 N–H and O–H groups in total. The molecule has 1 fully saturated rings. The van der Waals surface area contributed by atoms with E-state index in [4.69, 9.17) is 0 Å². The van der Waals surface area contributed by atoms with Crippen molar-refractivity contribution < 1.29 is 13.2 Å². The Hall–Kier alpha value is -1.87. The van der Waals surface area contributed by atoms with Gasteiger partial charge in [0.15, 0.2) is 15.0 Å². The third-order valence-electron chi connectivity index (χ3n) is 3.53. The number of carbonyl (C=O) groups is 1. The van der Waals surface area contributed by atoms with Crippen molar-refractivity contribution in [1.29, 1.82) is 0 Å². The largest absolute Gasteiger partial charge is 0.352 e. The monoisotopic (exact) mass is 353 g/mol. The Labute approximate surface area is 136 Å². The first-order valence-electron chi connectivity index (χ1n) is 7.05. The van der Waals surface area contributed by atoms with Gasteiger partial charge >= 0.3 is 0 Å². The first-order valence-corrected chi connectivity index (χ1v) is 9.85. The number of aromatic nitrogens is 2. The molecule has 0 bridgehead atoms. The summed E-state index contributed by atoms with van der Waals surface area (Å²) < 4.78 is 22.7. The summed E-state index contributed by atoms with van der Waals surface area (Å²) in [6.07, 6.45) is 0.448. The summed E-state index contributed by atoms with van der Waals surface area (Å²) in [6.45, 7) is 0. The summed E-state index contributed by atoms with van der Waals surface area (Å²) in [5.74, 6) is -0.0929. The maximum atomic E-state index is 11.9. The summed E-state index contributed by atoms with van der Waals surface area (Å²) in [6, 6.07) is 6.64. The van der Waals surface area contributed by atoms with Crippen molar-refractivity contribution in [2.45, 2.75) is 17.6 Å². The number of sulfone groups is 1. The Bertz CT molecular complexity index is 908. The Kier molecular flexibility index (Phi) is 4.40. The van der Waals surface area contributed by atoms with Crippen LogP contribution in [-0.2, 0) is 14.6 Å². The maximum absolute atomic E-state index is 11.9. The van der Waals surface area contributed by atoms with Crippen LogP contribution in [0.2, 0.25) is 0 Å². The van der Waals surface area contributed by atoms with E-state index in [1.54, 1.807) is 24.3 Å². The zero-order chi connectivity index (χ0) is 16.4. The number of aromatic amines is 1. The molecule has 2 heterocycles. The summed E-state index contributed by atoms with van der Waals surface area (Å²) in [7, 11) is -3.02. The van der Waals surface area contributed by atoms with Crippen molar-refractivity contribution in [3.05, 3.63) is 34.6 Å². The predicted molar refractivity (Wildman–Crippen MR) is 88.3 cm³/mol. The molecule has 0 spiro atoms. The molecule has 1 atom stereocenters. The minimum absolute atomic E-state index is 0.00549. The molecule has 0 unspecified atom stereocenters. The van der Waals surface area contributed by atoms with Crippen molar-refractivity contribution in [3.8, 4) is 0 Å². The fourth-order valence-corrected chi connectivity index (χ4v) is 4.80. The van der Waals surface area contributed by atoms with Crippen LogP contribution in [0.15, 0.2) is 34.2 Å². The molecule has 7 nitrogen and oxygen atoms in total. The summed E-state index contributed by atoms with van der Waals surface area (Å²) in [4.78, 5) is 30.7. The molecule has 1 aliphatic rings. The number of para-hydroxylation sites is 1. The third-order valence-corrected chi connectivity index (χ3v) is 6.17. The SMILES string of the molecule is O=C(CSc1nc2ccccc2c(=O)[nH]1)N[C@@H]1CCS(=O)(=O)C1. The second-order valence-electron chi connectivity index (χ2n) is 5.34. The van der Waals surface area contributed by atoms with E-state index in [1.165, 1.54) is 0 Å². The van der Waals surface area contributed by atoms with Gasteiger partial charge in [0.2, 0.25) is 5.91 Å². The average molecular weight is 353 g/mol. The molecule has 0 saturated carbocycles.